The average Bonchev–Trinajstić information content (AvgIpc) is 3.13. The molecule has 0 spiro atoms. The lowest BCUT2D eigenvalue weighted by Crippen LogP contribution is -2.50. The van der Waals surface area contributed by atoms with Gasteiger partial charge in [-0.15, -0.1) is 0 Å². The molecule has 1 unspecified atom stereocenters. The second-order valence-electron chi connectivity index (χ2n) is 7.80. The Bertz CT molecular complexity index is 586. The van der Waals surface area contributed by atoms with Crippen molar-refractivity contribution in [1.29, 1.82) is 0 Å². The van der Waals surface area contributed by atoms with Crippen molar-refractivity contribution in [3.05, 3.63) is 11.7 Å². The molecule has 0 bridgehead atoms. The first-order valence-corrected chi connectivity index (χ1v) is 9.78. The van der Waals surface area contributed by atoms with Crippen LogP contribution in [0.25, 0.3) is 0 Å². The Kier molecular flexibility index (Phi) is 5.03. The summed E-state index contributed by atoms with van der Waals surface area (Å²) in [6, 6.07) is 0.557. The molecule has 3 aliphatic rings. The molecule has 1 atom stereocenters. The Hall–Kier alpha value is -1.47. The highest BCUT2D eigenvalue weighted by Gasteiger charge is 2.31. The van der Waals surface area contributed by atoms with E-state index in [1.807, 2.05) is 0 Å². The second-order valence-corrected chi connectivity index (χ2v) is 7.80. The van der Waals surface area contributed by atoms with Crippen LogP contribution in [-0.4, -0.2) is 64.6 Å². The SMILES string of the molecule is CC(c1nc(C2CC2)no1)N1CCN(CC(=O)NC2CCCC2)CC1. The summed E-state index contributed by atoms with van der Waals surface area (Å²) in [6.07, 6.45) is 7.16. The standard InChI is InChI=1S/C18H29N5O2/c1-13(18-20-17(21-25-18)14-6-7-14)23-10-8-22(9-11-23)12-16(24)19-15-4-2-3-5-15/h13-15H,2-12H2,1H3,(H,19,24). The summed E-state index contributed by atoms with van der Waals surface area (Å²) in [4.78, 5) is 21.4. The van der Waals surface area contributed by atoms with Crippen LogP contribution in [0, 0.1) is 0 Å². The van der Waals surface area contributed by atoms with E-state index in [0.29, 0.717) is 18.5 Å². The maximum Gasteiger partial charge on any atom is 0.243 e. The molecule has 1 N–H and O–H groups in total. The van der Waals surface area contributed by atoms with Gasteiger partial charge in [-0.25, -0.2) is 0 Å². The summed E-state index contributed by atoms with van der Waals surface area (Å²) in [5.41, 5.74) is 0. The van der Waals surface area contributed by atoms with Gasteiger partial charge in [0.25, 0.3) is 0 Å². The normalized spacial score (nSPS) is 24.5. The molecule has 7 nitrogen and oxygen atoms in total. The van der Waals surface area contributed by atoms with E-state index in [2.05, 4.69) is 32.2 Å². The molecule has 3 fully saturated rings. The lowest BCUT2D eigenvalue weighted by molar-refractivity contribution is -0.123. The molecular weight excluding hydrogens is 318 g/mol. The van der Waals surface area contributed by atoms with Gasteiger partial charge in [0, 0.05) is 38.1 Å². The largest absolute Gasteiger partial charge is 0.352 e. The van der Waals surface area contributed by atoms with Gasteiger partial charge >= 0.3 is 0 Å². The van der Waals surface area contributed by atoms with Crippen molar-refractivity contribution < 1.29 is 9.32 Å². The Morgan fingerprint density at radius 1 is 1.20 bits per heavy atom. The number of carbonyl (C=O) groups is 1. The van der Waals surface area contributed by atoms with Gasteiger partial charge in [0.15, 0.2) is 5.82 Å². The number of amides is 1. The van der Waals surface area contributed by atoms with Crippen LogP contribution in [0.5, 0.6) is 0 Å². The molecule has 2 heterocycles. The molecule has 0 radical (unpaired) electrons. The van der Waals surface area contributed by atoms with Crippen molar-refractivity contribution in [3.8, 4) is 0 Å². The first kappa shape index (κ1) is 17.0. The summed E-state index contributed by atoms with van der Waals surface area (Å²) < 4.78 is 5.47. The summed E-state index contributed by atoms with van der Waals surface area (Å²) in [6.45, 7) is 6.33. The second kappa shape index (κ2) is 7.41. The number of hydrogen-bond donors (Lipinski definition) is 1. The highest BCUT2D eigenvalue weighted by atomic mass is 16.5. The highest BCUT2D eigenvalue weighted by Crippen LogP contribution is 2.38. The number of aromatic nitrogens is 2. The average molecular weight is 347 g/mol. The van der Waals surface area contributed by atoms with Gasteiger partial charge < -0.3 is 9.84 Å². The van der Waals surface area contributed by atoms with Crippen LogP contribution < -0.4 is 5.32 Å². The molecule has 1 aromatic heterocycles. The maximum absolute atomic E-state index is 12.2. The fraction of sp³-hybridized carbons (Fsp3) is 0.833. The van der Waals surface area contributed by atoms with Crippen molar-refractivity contribution >= 4 is 5.91 Å². The topological polar surface area (TPSA) is 74.5 Å². The molecule has 4 rings (SSSR count). The molecule has 1 aliphatic heterocycles. The molecule has 2 saturated carbocycles. The van der Waals surface area contributed by atoms with Crippen LogP contribution in [0.15, 0.2) is 4.52 Å². The van der Waals surface area contributed by atoms with Crippen molar-refractivity contribution in [2.24, 2.45) is 0 Å². The number of rotatable bonds is 6. The minimum Gasteiger partial charge on any atom is -0.352 e. The van der Waals surface area contributed by atoms with E-state index in [-0.39, 0.29) is 11.9 Å². The number of hydrogen-bond acceptors (Lipinski definition) is 6. The molecule has 0 aromatic carbocycles. The Balaban J connectivity index is 1.22. The molecule has 138 valence electrons. The monoisotopic (exact) mass is 347 g/mol. The third-order valence-electron chi connectivity index (χ3n) is 5.80. The minimum atomic E-state index is 0.148. The molecule has 25 heavy (non-hydrogen) atoms. The molecule has 7 heteroatoms. The summed E-state index contributed by atoms with van der Waals surface area (Å²) >= 11 is 0. The van der Waals surface area contributed by atoms with Gasteiger partial charge in [-0.2, -0.15) is 4.98 Å². The molecule has 1 aromatic rings. The van der Waals surface area contributed by atoms with Gasteiger partial charge in [0.05, 0.1) is 12.6 Å². The van der Waals surface area contributed by atoms with E-state index in [1.165, 1.54) is 25.7 Å². The molecular formula is C18H29N5O2. The van der Waals surface area contributed by atoms with Crippen molar-refractivity contribution in [2.75, 3.05) is 32.7 Å². The predicted octanol–water partition coefficient (Wildman–Crippen LogP) is 1.68. The Labute approximate surface area is 149 Å². The quantitative estimate of drug-likeness (QED) is 0.844. The fourth-order valence-corrected chi connectivity index (χ4v) is 3.94. The third-order valence-corrected chi connectivity index (χ3v) is 5.80. The number of carbonyl (C=O) groups excluding carboxylic acids is 1. The van der Waals surface area contributed by atoms with E-state index < -0.39 is 0 Å². The van der Waals surface area contributed by atoms with Crippen molar-refractivity contribution in [1.82, 2.24) is 25.3 Å². The van der Waals surface area contributed by atoms with Gasteiger partial charge in [0.1, 0.15) is 0 Å². The zero-order chi connectivity index (χ0) is 17.2. The molecule has 2 aliphatic carbocycles. The van der Waals surface area contributed by atoms with E-state index in [1.54, 1.807) is 0 Å². The van der Waals surface area contributed by atoms with Crippen molar-refractivity contribution in [2.45, 2.75) is 63.5 Å². The van der Waals surface area contributed by atoms with Crippen LogP contribution in [0.1, 0.15) is 69.1 Å². The maximum atomic E-state index is 12.2. The lowest BCUT2D eigenvalue weighted by Gasteiger charge is -2.36. The zero-order valence-corrected chi connectivity index (χ0v) is 15.1. The predicted molar refractivity (Wildman–Crippen MR) is 93.1 cm³/mol. The van der Waals surface area contributed by atoms with E-state index in [0.717, 1.165) is 50.7 Å². The third kappa shape index (κ3) is 4.20. The zero-order valence-electron chi connectivity index (χ0n) is 15.1. The Morgan fingerprint density at radius 2 is 1.92 bits per heavy atom. The van der Waals surface area contributed by atoms with E-state index >= 15 is 0 Å². The van der Waals surface area contributed by atoms with Crippen LogP contribution in [0.2, 0.25) is 0 Å². The molecule has 1 amide bonds. The van der Waals surface area contributed by atoms with Gasteiger partial charge in [-0.1, -0.05) is 18.0 Å². The minimum absolute atomic E-state index is 0.148. The summed E-state index contributed by atoms with van der Waals surface area (Å²) in [7, 11) is 0. The smallest absolute Gasteiger partial charge is 0.243 e. The van der Waals surface area contributed by atoms with Crippen LogP contribution in [0.3, 0.4) is 0 Å². The van der Waals surface area contributed by atoms with Crippen molar-refractivity contribution in [3.63, 3.8) is 0 Å². The van der Waals surface area contributed by atoms with Crippen LogP contribution in [0.4, 0.5) is 0 Å². The van der Waals surface area contributed by atoms with Gasteiger partial charge in [-0.05, 0) is 32.6 Å². The summed E-state index contributed by atoms with van der Waals surface area (Å²) in [5, 5.41) is 7.30. The highest BCUT2D eigenvalue weighted by molar-refractivity contribution is 5.78. The van der Waals surface area contributed by atoms with Gasteiger partial charge in [-0.3, -0.25) is 14.6 Å². The number of piperazine rings is 1. The lowest BCUT2D eigenvalue weighted by atomic mass is 10.2. The number of nitrogens with one attached hydrogen (secondary N) is 1. The van der Waals surface area contributed by atoms with E-state index in [4.69, 9.17) is 4.52 Å². The first-order chi connectivity index (χ1) is 12.2. The Morgan fingerprint density at radius 3 is 2.60 bits per heavy atom. The van der Waals surface area contributed by atoms with E-state index in [9.17, 15) is 4.79 Å². The number of nitrogens with zero attached hydrogens (tertiary/aromatic N) is 4. The fourth-order valence-electron chi connectivity index (χ4n) is 3.94. The summed E-state index contributed by atoms with van der Waals surface area (Å²) in [5.74, 6) is 2.32. The first-order valence-electron chi connectivity index (χ1n) is 9.78. The van der Waals surface area contributed by atoms with Crippen LogP contribution in [-0.2, 0) is 4.79 Å². The van der Waals surface area contributed by atoms with Gasteiger partial charge in [0.2, 0.25) is 11.8 Å². The molecule has 1 saturated heterocycles. The van der Waals surface area contributed by atoms with Crippen LogP contribution >= 0.6 is 0 Å².